The Labute approximate surface area is 107 Å². The Kier molecular flexibility index (Phi) is 2.51. The Morgan fingerprint density at radius 2 is 2.26 bits per heavy atom. The third-order valence-electron chi connectivity index (χ3n) is 2.88. The van der Waals surface area contributed by atoms with Gasteiger partial charge in [-0.05, 0) is 13.8 Å². The number of rotatable bonds is 3. The van der Waals surface area contributed by atoms with Gasteiger partial charge in [0.25, 0.3) is 5.78 Å². The highest BCUT2D eigenvalue weighted by Crippen LogP contribution is 2.17. The van der Waals surface area contributed by atoms with Crippen molar-refractivity contribution < 1.29 is 0 Å². The normalized spacial score (nSPS) is 11.1. The molecule has 0 unspecified atom stereocenters. The fraction of sp³-hybridized carbons (Fsp3) is 0.300. The van der Waals surface area contributed by atoms with Gasteiger partial charge in [0, 0.05) is 11.3 Å². The fourth-order valence-corrected chi connectivity index (χ4v) is 1.80. The Morgan fingerprint density at radius 1 is 1.42 bits per heavy atom. The van der Waals surface area contributed by atoms with E-state index in [9.17, 15) is 4.79 Å². The summed E-state index contributed by atoms with van der Waals surface area (Å²) in [6.45, 7) is 4.22. The molecular formula is C10H12N8O. The minimum absolute atomic E-state index is 0.328. The van der Waals surface area contributed by atoms with Crippen LogP contribution in [0.25, 0.3) is 5.78 Å². The fourth-order valence-electron chi connectivity index (χ4n) is 1.80. The Balaban J connectivity index is 1.97. The van der Waals surface area contributed by atoms with E-state index in [1.165, 1.54) is 6.33 Å². The zero-order valence-electron chi connectivity index (χ0n) is 10.4. The smallest absolute Gasteiger partial charge is 0.340 e. The number of aryl methyl sites for hydroxylation is 1. The summed E-state index contributed by atoms with van der Waals surface area (Å²) in [5.41, 5.74) is 1.51. The predicted octanol–water partition coefficient (Wildman–Crippen LogP) is -0.235. The number of anilines is 1. The summed E-state index contributed by atoms with van der Waals surface area (Å²) in [6.07, 6.45) is 1.45. The molecular weight excluding hydrogens is 248 g/mol. The van der Waals surface area contributed by atoms with Crippen LogP contribution in [0.2, 0.25) is 0 Å². The number of hydrogen-bond acceptors (Lipinski definition) is 6. The second-order valence-electron chi connectivity index (χ2n) is 4.12. The topological polar surface area (TPSA) is 117 Å². The van der Waals surface area contributed by atoms with E-state index in [4.69, 9.17) is 0 Å². The van der Waals surface area contributed by atoms with Crippen molar-refractivity contribution in [2.45, 2.75) is 20.4 Å². The van der Waals surface area contributed by atoms with Crippen LogP contribution >= 0.6 is 0 Å². The molecule has 3 aromatic rings. The average molecular weight is 260 g/mol. The maximum Gasteiger partial charge on any atom is 0.340 e. The first kappa shape index (κ1) is 11.4. The molecule has 3 N–H and O–H groups in total. The molecule has 0 aromatic carbocycles. The number of fused-ring (bicyclic) bond motifs is 1. The van der Waals surface area contributed by atoms with Gasteiger partial charge >= 0.3 is 5.69 Å². The van der Waals surface area contributed by atoms with Crippen LogP contribution in [0.4, 0.5) is 5.82 Å². The summed E-state index contributed by atoms with van der Waals surface area (Å²) in [7, 11) is 0. The van der Waals surface area contributed by atoms with Gasteiger partial charge in [-0.25, -0.2) is 14.9 Å². The first-order valence-electron chi connectivity index (χ1n) is 5.69. The summed E-state index contributed by atoms with van der Waals surface area (Å²) in [4.78, 5) is 21.9. The molecule has 0 amide bonds. The maximum absolute atomic E-state index is 11.0. The molecule has 9 nitrogen and oxygen atoms in total. The number of nitrogens with one attached hydrogen (secondary N) is 3. The molecule has 0 radical (unpaired) electrons. The van der Waals surface area contributed by atoms with Gasteiger partial charge in [0.15, 0.2) is 0 Å². The predicted molar refractivity (Wildman–Crippen MR) is 66.8 cm³/mol. The largest absolute Gasteiger partial charge is 0.362 e. The monoisotopic (exact) mass is 260 g/mol. The summed E-state index contributed by atoms with van der Waals surface area (Å²) in [5, 5.41) is 13.4. The zero-order chi connectivity index (χ0) is 13.4. The van der Waals surface area contributed by atoms with Crippen molar-refractivity contribution >= 4 is 11.6 Å². The quantitative estimate of drug-likeness (QED) is 0.598. The van der Waals surface area contributed by atoms with Crippen LogP contribution in [0, 0.1) is 13.8 Å². The van der Waals surface area contributed by atoms with Crippen molar-refractivity contribution in [2.75, 3.05) is 5.32 Å². The van der Waals surface area contributed by atoms with E-state index in [0.717, 1.165) is 17.1 Å². The van der Waals surface area contributed by atoms with Crippen molar-refractivity contribution in [2.24, 2.45) is 0 Å². The van der Waals surface area contributed by atoms with Crippen molar-refractivity contribution in [1.82, 2.24) is 34.8 Å². The van der Waals surface area contributed by atoms with Crippen LogP contribution in [0.5, 0.6) is 0 Å². The number of H-pyrrole nitrogens is 2. The minimum atomic E-state index is -0.328. The third-order valence-corrected chi connectivity index (χ3v) is 2.88. The highest BCUT2D eigenvalue weighted by Gasteiger charge is 2.11. The summed E-state index contributed by atoms with van der Waals surface area (Å²) < 4.78 is 1.62. The average Bonchev–Trinajstić information content (AvgIpc) is 2.99. The van der Waals surface area contributed by atoms with Gasteiger partial charge < -0.3 is 5.32 Å². The van der Waals surface area contributed by atoms with Crippen LogP contribution in [-0.2, 0) is 6.54 Å². The lowest BCUT2D eigenvalue weighted by atomic mass is 10.2. The molecule has 98 valence electrons. The van der Waals surface area contributed by atoms with Gasteiger partial charge in [-0.2, -0.15) is 19.7 Å². The number of aromatic nitrogens is 7. The van der Waals surface area contributed by atoms with E-state index in [0.29, 0.717) is 18.1 Å². The van der Waals surface area contributed by atoms with E-state index >= 15 is 0 Å². The zero-order valence-corrected chi connectivity index (χ0v) is 10.4. The molecule has 19 heavy (non-hydrogen) atoms. The summed E-state index contributed by atoms with van der Waals surface area (Å²) >= 11 is 0. The van der Waals surface area contributed by atoms with Crippen molar-refractivity contribution in [3.8, 4) is 0 Å². The molecule has 3 heterocycles. The molecule has 0 aliphatic heterocycles. The van der Waals surface area contributed by atoms with Gasteiger partial charge in [-0.1, -0.05) is 0 Å². The van der Waals surface area contributed by atoms with Gasteiger partial charge in [0.2, 0.25) is 0 Å². The van der Waals surface area contributed by atoms with Gasteiger partial charge in [-0.15, -0.1) is 0 Å². The minimum Gasteiger partial charge on any atom is -0.362 e. The molecule has 9 heteroatoms. The van der Waals surface area contributed by atoms with E-state index < -0.39 is 0 Å². The highest BCUT2D eigenvalue weighted by molar-refractivity contribution is 5.51. The molecule has 0 aliphatic rings. The second kappa shape index (κ2) is 4.19. The molecule has 3 rings (SSSR count). The highest BCUT2D eigenvalue weighted by atomic mass is 16.1. The van der Waals surface area contributed by atoms with Crippen LogP contribution in [0.15, 0.2) is 11.1 Å². The van der Waals surface area contributed by atoms with Gasteiger partial charge in [0.05, 0.1) is 6.54 Å². The first-order chi connectivity index (χ1) is 9.15. The Bertz CT molecular complexity index is 782. The van der Waals surface area contributed by atoms with E-state index in [1.807, 2.05) is 13.8 Å². The molecule has 0 spiro atoms. The summed E-state index contributed by atoms with van der Waals surface area (Å²) in [5.74, 6) is 1.83. The molecule has 0 saturated carbocycles. The standard InChI is InChI=1S/C10H12N8O/c1-5-6(2)14-9-12-4-13-18(9)8(5)11-3-7-15-10(19)17-16-7/h4,11H,3H2,1-2H3,(H2,15,16,17,19). The van der Waals surface area contributed by atoms with Gasteiger partial charge in [-0.3, -0.25) is 4.98 Å². The third kappa shape index (κ3) is 1.94. The molecule has 0 bridgehead atoms. The second-order valence-corrected chi connectivity index (χ2v) is 4.12. The molecule has 0 aliphatic carbocycles. The summed E-state index contributed by atoms with van der Waals surface area (Å²) in [6, 6.07) is 0. The van der Waals surface area contributed by atoms with Crippen LogP contribution in [0.3, 0.4) is 0 Å². The van der Waals surface area contributed by atoms with Gasteiger partial charge in [0.1, 0.15) is 18.0 Å². The van der Waals surface area contributed by atoms with Crippen molar-refractivity contribution in [3.63, 3.8) is 0 Å². The van der Waals surface area contributed by atoms with E-state index in [-0.39, 0.29) is 5.69 Å². The van der Waals surface area contributed by atoms with Crippen LogP contribution < -0.4 is 11.0 Å². The molecule has 0 saturated heterocycles. The van der Waals surface area contributed by atoms with Crippen molar-refractivity contribution in [1.29, 1.82) is 0 Å². The lowest BCUT2D eigenvalue weighted by molar-refractivity contribution is 0.881. The molecule has 3 aromatic heterocycles. The Hall–Kier alpha value is -2.71. The maximum atomic E-state index is 11.0. The van der Waals surface area contributed by atoms with Crippen LogP contribution in [0.1, 0.15) is 17.1 Å². The number of nitrogens with zero attached hydrogens (tertiary/aromatic N) is 5. The van der Waals surface area contributed by atoms with Crippen molar-refractivity contribution in [3.05, 3.63) is 33.9 Å². The van der Waals surface area contributed by atoms with Crippen LogP contribution in [-0.4, -0.2) is 34.8 Å². The first-order valence-corrected chi connectivity index (χ1v) is 5.69. The number of aromatic amines is 2. The lowest BCUT2D eigenvalue weighted by Crippen LogP contribution is -2.11. The van der Waals surface area contributed by atoms with E-state index in [1.54, 1.807) is 4.52 Å². The Morgan fingerprint density at radius 3 is 3.00 bits per heavy atom. The van der Waals surface area contributed by atoms with E-state index in [2.05, 4.69) is 35.6 Å². The SMILES string of the molecule is Cc1nc2ncnn2c(NCc2n[nH]c(=O)[nH]2)c1C. The molecule has 0 fully saturated rings. The molecule has 0 atom stereocenters. The lowest BCUT2D eigenvalue weighted by Gasteiger charge is -2.11. The number of hydrogen-bond donors (Lipinski definition) is 3.